The van der Waals surface area contributed by atoms with Gasteiger partial charge in [0, 0.05) is 6.42 Å². The number of benzene rings is 1. The fraction of sp³-hybridized carbons (Fsp3) is 0.600. The molecule has 0 aliphatic carbocycles. The van der Waals surface area contributed by atoms with Crippen LogP contribution in [0.4, 0.5) is 0 Å². The second kappa shape index (κ2) is 5.19. The van der Waals surface area contributed by atoms with Crippen molar-refractivity contribution in [1.82, 2.24) is 0 Å². The van der Waals surface area contributed by atoms with E-state index in [1.54, 1.807) is 0 Å². The first kappa shape index (κ1) is 13.2. The molecule has 0 fully saturated rings. The van der Waals surface area contributed by atoms with Gasteiger partial charge in [-0.1, -0.05) is 0 Å². The first-order valence-corrected chi connectivity index (χ1v) is 6.61. The largest absolute Gasteiger partial charge is 0.490 e. The van der Waals surface area contributed by atoms with Gasteiger partial charge in [0.2, 0.25) is 0 Å². The maximum Gasteiger partial charge on any atom is 0.161 e. The first-order valence-electron chi connectivity index (χ1n) is 6.61. The van der Waals surface area contributed by atoms with Crippen LogP contribution in [0.5, 0.6) is 11.5 Å². The van der Waals surface area contributed by atoms with Crippen molar-refractivity contribution in [2.24, 2.45) is 0 Å². The average molecular weight is 250 g/mol. The predicted octanol–water partition coefficient (Wildman–Crippen LogP) is 3.34. The highest BCUT2D eigenvalue weighted by molar-refractivity contribution is 5.48. The number of hydrogen-bond acceptors (Lipinski definition) is 3. The summed E-state index contributed by atoms with van der Waals surface area (Å²) in [4.78, 5) is 0. The van der Waals surface area contributed by atoms with Crippen molar-refractivity contribution in [3.05, 3.63) is 23.3 Å². The van der Waals surface area contributed by atoms with Gasteiger partial charge in [0.05, 0.1) is 25.4 Å². The third-order valence-electron chi connectivity index (χ3n) is 3.10. The maximum atomic E-state index is 5.83. The van der Waals surface area contributed by atoms with E-state index in [0.717, 1.165) is 17.9 Å². The summed E-state index contributed by atoms with van der Waals surface area (Å²) in [6.07, 6.45) is 0.912. The van der Waals surface area contributed by atoms with Crippen molar-refractivity contribution in [3.63, 3.8) is 0 Å². The van der Waals surface area contributed by atoms with E-state index in [-0.39, 0.29) is 5.60 Å². The van der Waals surface area contributed by atoms with E-state index in [0.29, 0.717) is 19.8 Å². The molecule has 1 aromatic rings. The van der Waals surface area contributed by atoms with Gasteiger partial charge in [-0.3, -0.25) is 0 Å². The van der Waals surface area contributed by atoms with Gasteiger partial charge in [-0.25, -0.2) is 0 Å². The van der Waals surface area contributed by atoms with Crippen LogP contribution in [0.3, 0.4) is 0 Å². The average Bonchev–Trinajstić information content (AvgIpc) is 2.30. The molecule has 1 aromatic carbocycles. The van der Waals surface area contributed by atoms with Crippen LogP contribution >= 0.6 is 0 Å². The van der Waals surface area contributed by atoms with Crippen LogP contribution in [0.15, 0.2) is 12.1 Å². The van der Waals surface area contributed by atoms with Crippen LogP contribution in [-0.2, 0) is 17.8 Å². The fourth-order valence-corrected chi connectivity index (χ4v) is 2.26. The minimum Gasteiger partial charge on any atom is -0.490 e. The minimum absolute atomic E-state index is 0.0936. The van der Waals surface area contributed by atoms with E-state index < -0.39 is 0 Å². The van der Waals surface area contributed by atoms with E-state index >= 15 is 0 Å². The Morgan fingerprint density at radius 2 is 1.61 bits per heavy atom. The van der Waals surface area contributed by atoms with Gasteiger partial charge in [0.15, 0.2) is 11.5 Å². The zero-order valence-corrected chi connectivity index (χ0v) is 11.7. The zero-order chi connectivity index (χ0) is 13.2. The molecule has 0 amide bonds. The summed E-state index contributed by atoms with van der Waals surface area (Å²) in [6.45, 7) is 10.1. The molecule has 1 aliphatic heterocycles. The lowest BCUT2D eigenvalue weighted by Gasteiger charge is -2.32. The molecule has 0 saturated heterocycles. The predicted molar refractivity (Wildman–Crippen MR) is 71.4 cm³/mol. The molecular formula is C15H22O3. The van der Waals surface area contributed by atoms with E-state index in [1.165, 1.54) is 11.1 Å². The third-order valence-corrected chi connectivity index (χ3v) is 3.10. The molecule has 0 unspecified atom stereocenters. The summed E-state index contributed by atoms with van der Waals surface area (Å²) in [5, 5.41) is 0. The Bertz CT molecular complexity index is 424. The molecule has 2 rings (SSSR count). The second-order valence-electron chi connectivity index (χ2n) is 5.16. The lowest BCUT2D eigenvalue weighted by atomic mass is 9.91. The van der Waals surface area contributed by atoms with Gasteiger partial charge in [-0.2, -0.15) is 0 Å². The van der Waals surface area contributed by atoms with E-state index in [9.17, 15) is 0 Å². The van der Waals surface area contributed by atoms with Crippen molar-refractivity contribution in [2.45, 2.75) is 46.3 Å². The Morgan fingerprint density at radius 3 is 2.17 bits per heavy atom. The molecule has 1 aliphatic rings. The van der Waals surface area contributed by atoms with Crippen LogP contribution < -0.4 is 9.47 Å². The van der Waals surface area contributed by atoms with E-state index in [1.807, 2.05) is 13.8 Å². The molecule has 3 nitrogen and oxygen atoms in total. The number of fused-ring (bicyclic) bond motifs is 1. The summed E-state index contributed by atoms with van der Waals surface area (Å²) < 4.78 is 17.1. The zero-order valence-electron chi connectivity index (χ0n) is 11.7. The summed E-state index contributed by atoms with van der Waals surface area (Å²) in [7, 11) is 0. The highest BCUT2D eigenvalue weighted by Crippen LogP contribution is 2.36. The molecule has 18 heavy (non-hydrogen) atoms. The van der Waals surface area contributed by atoms with Gasteiger partial charge in [-0.15, -0.1) is 0 Å². The summed E-state index contributed by atoms with van der Waals surface area (Å²) >= 11 is 0. The molecule has 0 N–H and O–H groups in total. The van der Waals surface area contributed by atoms with Gasteiger partial charge in [-0.05, 0) is 51.0 Å². The minimum atomic E-state index is -0.0936. The maximum absolute atomic E-state index is 5.83. The van der Waals surface area contributed by atoms with Crippen LogP contribution in [0, 0.1) is 0 Å². The normalized spacial score (nSPS) is 17.1. The molecule has 0 spiro atoms. The summed E-state index contributed by atoms with van der Waals surface area (Å²) in [5.41, 5.74) is 2.42. The Kier molecular flexibility index (Phi) is 3.81. The summed E-state index contributed by atoms with van der Waals surface area (Å²) in [5.74, 6) is 1.66. The summed E-state index contributed by atoms with van der Waals surface area (Å²) in [6, 6.07) is 4.16. The van der Waals surface area contributed by atoms with E-state index in [2.05, 4.69) is 26.0 Å². The van der Waals surface area contributed by atoms with Crippen molar-refractivity contribution in [1.29, 1.82) is 0 Å². The first-order chi connectivity index (χ1) is 8.55. The van der Waals surface area contributed by atoms with Crippen molar-refractivity contribution < 1.29 is 14.2 Å². The Morgan fingerprint density at radius 1 is 1.06 bits per heavy atom. The standard InChI is InChI=1S/C15H22O3/c1-5-16-13-7-11-9-15(3,4)18-10-12(11)8-14(13)17-6-2/h7-8H,5-6,9-10H2,1-4H3. The second-order valence-corrected chi connectivity index (χ2v) is 5.16. The molecule has 0 bridgehead atoms. The molecule has 0 radical (unpaired) electrons. The molecule has 100 valence electrons. The molecule has 0 aromatic heterocycles. The third kappa shape index (κ3) is 2.78. The highest BCUT2D eigenvalue weighted by Gasteiger charge is 2.27. The quantitative estimate of drug-likeness (QED) is 0.820. The van der Waals surface area contributed by atoms with Gasteiger partial charge in [0.1, 0.15) is 0 Å². The molecular weight excluding hydrogens is 228 g/mol. The fourth-order valence-electron chi connectivity index (χ4n) is 2.26. The van der Waals surface area contributed by atoms with Gasteiger partial charge < -0.3 is 14.2 Å². The van der Waals surface area contributed by atoms with Crippen molar-refractivity contribution in [2.75, 3.05) is 13.2 Å². The van der Waals surface area contributed by atoms with E-state index in [4.69, 9.17) is 14.2 Å². The SMILES string of the molecule is CCOc1cc2c(cc1OCC)CC(C)(C)OC2. The number of ether oxygens (including phenoxy) is 3. The number of hydrogen-bond donors (Lipinski definition) is 0. The highest BCUT2D eigenvalue weighted by atomic mass is 16.5. The topological polar surface area (TPSA) is 27.7 Å². The van der Waals surface area contributed by atoms with Crippen LogP contribution in [0.25, 0.3) is 0 Å². The lowest BCUT2D eigenvalue weighted by molar-refractivity contribution is -0.0402. The monoisotopic (exact) mass is 250 g/mol. The van der Waals surface area contributed by atoms with Crippen LogP contribution in [0.1, 0.15) is 38.8 Å². The smallest absolute Gasteiger partial charge is 0.161 e. The number of rotatable bonds is 4. The van der Waals surface area contributed by atoms with Crippen molar-refractivity contribution in [3.8, 4) is 11.5 Å². The molecule has 0 atom stereocenters. The van der Waals surface area contributed by atoms with Gasteiger partial charge >= 0.3 is 0 Å². The lowest BCUT2D eigenvalue weighted by Crippen LogP contribution is -2.31. The molecule has 3 heteroatoms. The van der Waals surface area contributed by atoms with Gasteiger partial charge in [0.25, 0.3) is 0 Å². The molecule has 1 heterocycles. The van der Waals surface area contributed by atoms with Crippen LogP contribution in [0.2, 0.25) is 0 Å². The van der Waals surface area contributed by atoms with Crippen molar-refractivity contribution >= 4 is 0 Å². The Balaban J connectivity index is 2.35. The Labute approximate surface area is 109 Å². The molecule has 0 saturated carbocycles. The van der Waals surface area contributed by atoms with Crippen LogP contribution in [-0.4, -0.2) is 18.8 Å². The Hall–Kier alpha value is -1.22.